The Labute approximate surface area is 108 Å². The van der Waals surface area contributed by atoms with E-state index in [4.69, 9.17) is 11.6 Å². The minimum absolute atomic E-state index is 0.258. The molecule has 2 aromatic rings. The minimum atomic E-state index is -0.952. The van der Waals surface area contributed by atoms with Crippen molar-refractivity contribution in [2.45, 2.75) is 0 Å². The lowest BCUT2D eigenvalue weighted by Gasteiger charge is -2.01. The number of benzene rings is 1. The summed E-state index contributed by atoms with van der Waals surface area (Å²) in [6, 6.07) is 10.8. The molecule has 17 heavy (non-hydrogen) atoms. The third kappa shape index (κ3) is 2.75. The topological polar surface area (TPSA) is 37.3 Å². The molecule has 0 bridgehead atoms. The number of halogens is 1. The van der Waals surface area contributed by atoms with Crippen LogP contribution in [0, 0.1) is 0 Å². The quantitative estimate of drug-likeness (QED) is 0.850. The number of carboxylic acids is 1. The predicted octanol–water partition coefficient (Wildman–Crippen LogP) is 4.03. The third-order valence-electron chi connectivity index (χ3n) is 2.22. The summed E-state index contributed by atoms with van der Waals surface area (Å²) in [6.07, 6.45) is 1.59. The molecule has 0 saturated heterocycles. The highest BCUT2D eigenvalue weighted by atomic mass is 35.5. The van der Waals surface area contributed by atoms with Gasteiger partial charge < -0.3 is 5.11 Å². The zero-order valence-corrected chi connectivity index (χ0v) is 10.3. The maximum absolute atomic E-state index is 11.2. The summed E-state index contributed by atoms with van der Waals surface area (Å²) in [7, 11) is 0. The van der Waals surface area contributed by atoms with Crippen LogP contribution in [0.4, 0.5) is 0 Å². The van der Waals surface area contributed by atoms with Gasteiger partial charge >= 0.3 is 5.97 Å². The van der Waals surface area contributed by atoms with E-state index < -0.39 is 5.97 Å². The van der Waals surface area contributed by atoms with Crippen molar-refractivity contribution in [1.82, 2.24) is 0 Å². The second-order valence-corrected chi connectivity index (χ2v) is 4.72. The molecule has 2 rings (SSSR count). The number of carboxylic acid groups (broad SMARTS) is 1. The molecule has 2 nitrogen and oxygen atoms in total. The van der Waals surface area contributed by atoms with Gasteiger partial charge in [0.2, 0.25) is 0 Å². The van der Waals surface area contributed by atoms with Gasteiger partial charge in [0.25, 0.3) is 0 Å². The largest absolute Gasteiger partial charge is 0.478 e. The van der Waals surface area contributed by atoms with Crippen molar-refractivity contribution in [3.63, 3.8) is 0 Å². The van der Waals surface area contributed by atoms with Crippen molar-refractivity contribution in [3.8, 4) is 0 Å². The fourth-order valence-corrected chi connectivity index (χ4v) is 2.34. The second kappa shape index (κ2) is 5.17. The SMILES string of the molecule is O=C(O)/C(=C\c1ccccc1Cl)c1cccs1. The van der Waals surface area contributed by atoms with E-state index in [1.54, 1.807) is 24.3 Å². The van der Waals surface area contributed by atoms with Gasteiger partial charge in [-0.25, -0.2) is 4.79 Å². The van der Waals surface area contributed by atoms with Crippen molar-refractivity contribution in [2.24, 2.45) is 0 Å². The van der Waals surface area contributed by atoms with Gasteiger partial charge in [-0.1, -0.05) is 35.9 Å². The molecule has 86 valence electrons. The first-order chi connectivity index (χ1) is 8.18. The number of thiophene rings is 1. The Kier molecular flexibility index (Phi) is 3.61. The van der Waals surface area contributed by atoms with Gasteiger partial charge in [0.05, 0.1) is 5.57 Å². The first-order valence-corrected chi connectivity index (χ1v) is 6.17. The van der Waals surface area contributed by atoms with Crippen molar-refractivity contribution in [3.05, 3.63) is 57.2 Å². The van der Waals surface area contributed by atoms with Crippen LogP contribution >= 0.6 is 22.9 Å². The predicted molar refractivity (Wildman–Crippen MR) is 71.3 cm³/mol. The van der Waals surface area contributed by atoms with Crippen LogP contribution in [0.3, 0.4) is 0 Å². The van der Waals surface area contributed by atoms with E-state index >= 15 is 0 Å². The van der Waals surface area contributed by atoms with Gasteiger partial charge in [-0.2, -0.15) is 0 Å². The van der Waals surface area contributed by atoms with E-state index in [9.17, 15) is 9.90 Å². The number of carbonyl (C=O) groups is 1. The molecule has 4 heteroatoms. The maximum Gasteiger partial charge on any atom is 0.337 e. The molecule has 1 aromatic carbocycles. The molecule has 1 N–H and O–H groups in total. The molecule has 0 fully saturated rings. The number of rotatable bonds is 3. The van der Waals surface area contributed by atoms with E-state index in [1.165, 1.54) is 11.3 Å². The molecule has 0 radical (unpaired) electrons. The molecule has 0 saturated carbocycles. The van der Waals surface area contributed by atoms with E-state index in [2.05, 4.69) is 0 Å². The Hall–Kier alpha value is -1.58. The molecule has 0 atom stereocenters. The standard InChI is InChI=1S/C13H9ClO2S/c14-11-5-2-1-4-9(11)8-10(13(15)16)12-6-3-7-17-12/h1-8H,(H,15,16)/b10-8-. The molecule has 1 aromatic heterocycles. The normalized spacial score (nSPS) is 11.5. The minimum Gasteiger partial charge on any atom is -0.478 e. The summed E-state index contributed by atoms with van der Waals surface area (Å²) in [5.74, 6) is -0.952. The van der Waals surface area contributed by atoms with Crippen LogP contribution in [0.1, 0.15) is 10.4 Å². The van der Waals surface area contributed by atoms with Crippen molar-refractivity contribution in [1.29, 1.82) is 0 Å². The average Bonchev–Trinajstić information content (AvgIpc) is 2.81. The van der Waals surface area contributed by atoms with Crippen LogP contribution in [-0.2, 0) is 4.79 Å². The first-order valence-electron chi connectivity index (χ1n) is 4.92. The highest BCUT2D eigenvalue weighted by Gasteiger charge is 2.11. The summed E-state index contributed by atoms with van der Waals surface area (Å²) in [5.41, 5.74) is 0.966. The average molecular weight is 265 g/mol. The first kappa shape index (κ1) is 11.9. The highest BCUT2D eigenvalue weighted by molar-refractivity contribution is 7.11. The van der Waals surface area contributed by atoms with Crippen molar-refractivity contribution >= 4 is 40.6 Å². The van der Waals surface area contributed by atoms with Crippen LogP contribution in [-0.4, -0.2) is 11.1 Å². The Morgan fingerprint density at radius 2 is 2.00 bits per heavy atom. The second-order valence-electron chi connectivity index (χ2n) is 3.36. The Balaban J connectivity index is 2.48. The lowest BCUT2D eigenvalue weighted by Crippen LogP contribution is -1.97. The van der Waals surface area contributed by atoms with Crippen molar-refractivity contribution in [2.75, 3.05) is 0 Å². The molecule has 0 unspecified atom stereocenters. The zero-order valence-electron chi connectivity index (χ0n) is 8.76. The van der Waals surface area contributed by atoms with Gasteiger partial charge in [0.1, 0.15) is 0 Å². The zero-order chi connectivity index (χ0) is 12.3. The smallest absolute Gasteiger partial charge is 0.337 e. The highest BCUT2D eigenvalue weighted by Crippen LogP contribution is 2.25. The maximum atomic E-state index is 11.2. The Bertz CT molecular complexity index is 559. The fourth-order valence-electron chi connectivity index (χ4n) is 1.42. The molecule has 0 amide bonds. The molecular weight excluding hydrogens is 256 g/mol. The molecule has 0 aliphatic heterocycles. The summed E-state index contributed by atoms with van der Waals surface area (Å²) in [5, 5.41) is 11.6. The fraction of sp³-hybridized carbons (Fsp3) is 0. The Morgan fingerprint density at radius 1 is 1.24 bits per heavy atom. The Morgan fingerprint density at radius 3 is 2.59 bits per heavy atom. The lowest BCUT2D eigenvalue weighted by molar-refractivity contribution is -0.130. The molecule has 0 aliphatic rings. The van der Waals surface area contributed by atoms with Crippen molar-refractivity contribution < 1.29 is 9.90 Å². The summed E-state index contributed by atoms with van der Waals surface area (Å²) in [6.45, 7) is 0. The van der Waals surface area contributed by atoms with Crippen LogP contribution in [0.5, 0.6) is 0 Å². The van der Waals surface area contributed by atoms with Gasteiger partial charge in [0, 0.05) is 9.90 Å². The molecule has 0 spiro atoms. The molecule has 1 heterocycles. The van der Waals surface area contributed by atoms with Gasteiger partial charge in [-0.05, 0) is 29.2 Å². The van der Waals surface area contributed by atoms with Crippen LogP contribution < -0.4 is 0 Å². The van der Waals surface area contributed by atoms with Gasteiger partial charge in [-0.15, -0.1) is 11.3 Å². The molecule has 0 aliphatic carbocycles. The summed E-state index contributed by atoms with van der Waals surface area (Å²) in [4.78, 5) is 11.9. The number of hydrogen-bond acceptors (Lipinski definition) is 2. The number of hydrogen-bond donors (Lipinski definition) is 1. The van der Waals surface area contributed by atoms with Gasteiger partial charge in [0.15, 0.2) is 0 Å². The lowest BCUT2D eigenvalue weighted by atomic mass is 10.1. The van der Waals surface area contributed by atoms with Gasteiger partial charge in [-0.3, -0.25) is 0 Å². The number of aliphatic carboxylic acids is 1. The molecular formula is C13H9ClO2S. The third-order valence-corrected chi connectivity index (χ3v) is 3.47. The summed E-state index contributed by atoms with van der Waals surface area (Å²) < 4.78 is 0. The van der Waals surface area contributed by atoms with E-state index in [0.717, 1.165) is 4.88 Å². The van der Waals surface area contributed by atoms with E-state index in [1.807, 2.05) is 23.6 Å². The van der Waals surface area contributed by atoms with E-state index in [-0.39, 0.29) is 5.57 Å². The summed E-state index contributed by atoms with van der Waals surface area (Å²) >= 11 is 7.39. The van der Waals surface area contributed by atoms with Crippen LogP contribution in [0.25, 0.3) is 11.6 Å². The van der Waals surface area contributed by atoms with Crippen LogP contribution in [0.2, 0.25) is 5.02 Å². The monoisotopic (exact) mass is 264 g/mol. The van der Waals surface area contributed by atoms with E-state index in [0.29, 0.717) is 10.6 Å². The van der Waals surface area contributed by atoms with Crippen LogP contribution in [0.15, 0.2) is 41.8 Å².